The number of likely N-dealkylation sites (N-methyl/N-ethyl adjacent to an activating group) is 1. The minimum Gasteiger partial charge on any atom is -0.341 e. The first kappa shape index (κ1) is 14.3. The second-order valence-electron chi connectivity index (χ2n) is 5.58. The van der Waals surface area contributed by atoms with E-state index < -0.39 is 0 Å². The summed E-state index contributed by atoms with van der Waals surface area (Å²) < 4.78 is 1.98. The number of aryl methyl sites for hydroxylation is 2. The van der Waals surface area contributed by atoms with Crippen molar-refractivity contribution >= 4 is 11.6 Å². The van der Waals surface area contributed by atoms with Gasteiger partial charge in [-0.3, -0.25) is 9.89 Å². The summed E-state index contributed by atoms with van der Waals surface area (Å²) in [4.78, 5) is 18.5. The van der Waals surface area contributed by atoms with Crippen LogP contribution in [0, 0.1) is 13.8 Å². The maximum atomic E-state index is 12.4. The Labute approximate surface area is 128 Å². The highest BCUT2D eigenvalue weighted by molar-refractivity contribution is 5.78. The molecule has 6 nitrogen and oxygen atoms in total. The van der Waals surface area contributed by atoms with Crippen LogP contribution in [0.4, 0.5) is 0 Å². The van der Waals surface area contributed by atoms with Gasteiger partial charge in [-0.2, -0.15) is 5.10 Å². The van der Waals surface area contributed by atoms with Crippen LogP contribution in [-0.2, 0) is 17.8 Å². The molecule has 1 N–H and O–H groups in total. The summed E-state index contributed by atoms with van der Waals surface area (Å²) in [5, 5.41) is 6.87. The number of hydrogen-bond donors (Lipinski definition) is 1. The molecule has 0 aliphatic rings. The molecular formula is C16H19N5O. The van der Waals surface area contributed by atoms with Gasteiger partial charge in [-0.25, -0.2) is 4.98 Å². The molecule has 0 saturated carbocycles. The Morgan fingerprint density at radius 1 is 1.36 bits per heavy atom. The van der Waals surface area contributed by atoms with Crippen LogP contribution < -0.4 is 0 Å². The smallest absolute Gasteiger partial charge is 0.228 e. The van der Waals surface area contributed by atoms with Crippen LogP contribution in [0.1, 0.15) is 22.5 Å². The van der Waals surface area contributed by atoms with E-state index in [4.69, 9.17) is 0 Å². The van der Waals surface area contributed by atoms with Gasteiger partial charge in [0.25, 0.3) is 0 Å². The molecule has 22 heavy (non-hydrogen) atoms. The molecule has 0 aromatic carbocycles. The van der Waals surface area contributed by atoms with Crippen LogP contribution in [-0.4, -0.2) is 37.4 Å². The highest BCUT2D eigenvalue weighted by atomic mass is 16.2. The van der Waals surface area contributed by atoms with Crippen molar-refractivity contribution in [3.63, 3.8) is 0 Å². The van der Waals surface area contributed by atoms with Gasteiger partial charge < -0.3 is 9.30 Å². The van der Waals surface area contributed by atoms with Crippen molar-refractivity contribution in [1.29, 1.82) is 0 Å². The second kappa shape index (κ2) is 5.63. The van der Waals surface area contributed by atoms with Crippen molar-refractivity contribution in [1.82, 2.24) is 24.5 Å². The average Bonchev–Trinajstić information content (AvgIpc) is 3.07. The highest BCUT2D eigenvalue weighted by Gasteiger charge is 2.15. The number of aromatic amines is 1. The molecule has 3 rings (SSSR count). The van der Waals surface area contributed by atoms with Gasteiger partial charge in [0.2, 0.25) is 5.91 Å². The van der Waals surface area contributed by atoms with E-state index in [1.165, 1.54) is 0 Å². The number of carbonyl (C=O) groups is 1. The van der Waals surface area contributed by atoms with Crippen LogP contribution in [0.3, 0.4) is 0 Å². The quantitative estimate of drug-likeness (QED) is 0.799. The van der Waals surface area contributed by atoms with Gasteiger partial charge in [-0.1, -0.05) is 6.07 Å². The average molecular weight is 297 g/mol. The van der Waals surface area contributed by atoms with E-state index in [-0.39, 0.29) is 5.91 Å². The first-order valence-corrected chi connectivity index (χ1v) is 7.20. The molecular weight excluding hydrogens is 278 g/mol. The minimum absolute atomic E-state index is 0.0592. The Balaban J connectivity index is 1.75. The Morgan fingerprint density at radius 3 is 2.91 bits per heavy atom. The molecule has 0 atom stereocenters. The van der Waals surface area contributed by atoms with Gasteiger partial charge in [-0.15, -0.1) is 0 Å². The lowest BCUT2D eigenvalue weighted by Crippen LogP contribution is -2.28. The molecule has 3 aromatic heterocycles. The lowest BCUT2D eigenvalue weighted by Gasteiger charge is -2.16. The molecule has 0 spiro atoms. The molecule has 0 fully saturated rings. The fraction of sp³-hybridized carbons (Fsp3) is 0.312. The Kier molecular flexibility index (Phi) is 3.66. The number of amides is 1. The van der Waals surface area contributed by atoms with E-state index in [0.717, 1.165) is 28.2 Å². The number of nitrogens with one attached hydrogen (secondary N) is 1. The summed E-state index contributed by atoms with van der Waals surface area (Å²) in [6.07, 6.45) is 5.81. The van der Waals surface area contributed by atoms with Crippen molar-refractivity contribution in [3.05, 3.63) is 53.2 Å². The minimum atomic E-state index is 0.0592. The summed E-state index contributed by atoms with van der Waals surface area (Å²) in [7, 11) is 1.81. The molecule has 6 heteroatoms. The van der Waals surface area contributed by atoms with Gasteiger partial charge in [0.1, 0.15) is 5.65 Å². The van der Waals surface area contributed by atoms with Gasteiger partial charge >= 0.3 is 0 Å². The van der Waals surface area contributed by atoms with Gasteiger partial charge in [0.05, 0.1) is 18.3 Å². The zero-order chi connectivity index (χ0) is 15.7. The Bertz CT molecular complexity index is 817. The third-order valence-electron chi connectivity index (χ3n) is 3.91. The molecule has 3 heterocycles. The normalized spacial score (nSPS) is 11.0. The molecule has 1 amide bonds. The largest absolute Gasteiger partial charge is 0.341 e. The van der Waals surface area contributed by atoms with Crippen molar-refractivity contribution in [2.45, 2.75) is 26.8 Å². The number of carbonyl (C=O) groups excluding carboxylic acids is 1. The molecule has 114 valence electrons. The van der Waals surface area contributed by atoms with E-state index >= 15 is 0 Å². The third kappa shape index (κ3) is 2.59. The maximum Gasteiger partial charge on any atom is 0.228 e. The summed E-state index contributed by atoms with van der Waals surface area (Å²) in [5.41, 5.74) is 4.93. The fourth-order valence-corrected chi connectivity index (χ4v) is 2.50. The summed E-state index contributed by atoms with van der Waals surface area (Å²) in [5.74, 6) is 0.0592. The molecule has 0 bridgehead atoms. The van der Waals surface area contributed by atoms with E-state index in [1.54, 1.807) is 17.3 Å². The molecule has 3 aromatic rings. The standard InChI is InChI=1S/C16H19N5O/c1-11-5-4-6-21-14(9-17-16(11)21)7-15(22)20(3)10-13-8-18-19-12(13)2/h4-6,8-9H,7,10H2,1-3H3,(H,18,19). The van der Waals surface area contributed by atoms with E-state index in [0.29, 0.717) is 13.0 Å². The molecule has 0 radical (unpaired) electrons. The topological polar surface area (TPSA) is 66.3 Å². The SMILES string of the molecule is Cc1[nH]ncc1CN(C)C(=O)Cc1cnc2c(C)cccn12. The monoisotopic (exact) mass is 297 g/mol. The molecule has 0 aliphatic carbocycles. The van der Waals surface area contributed by atoms with E-state index in [1.807, 2.05) is 43.6 Å². The van der Waals surface area contributed by atoms with Crippen molar-refractivity contribution in [3.8, 4) is 0 Å². The number of imidazole rings is 1. The number of aromatic nitrogens is 4. The first-order valence-electron chi connectivity index (χ1n) is 7.20. The number of rotatable bonds is 4. The van der Waals surface area contributed by atoms with Gasteiger partial charge in [0, 0.05) is 37.2 Å². The summed E-state index contributed by atoms with van der Waals surface area (Å²) >= 11 is 0. The van der Waals surface area contributed by atoms with Gasteiger partial charge in [0.15, 0.2) is 0 Å². The number of hydrogen-bond acceptors (Lipinski definition) is 3. The number of fused-ring (bicyclic) bond motifs is 1. The van der Waals surface area contributed by atoms with E-state index in [9.17, 15) is 4.79 Å². The molecule has 0 aliphatic heterocycles. The van der Waals surface area contributed by atoms with E-state index in [2.05, 4.69) is 15.2 Å². The maximum absolute atomic E-state index is 12.4. The van der Waals surface area contributed by atoms with Crippen molar-refractivity contribution < 1.29 is 4.79 Å². The Morgan fingerprint density at radius 2 is 2.18 bits per heavy atom. The third-order valence-corrected chi connectivity index (χ3v) is 3.91. The molecule has 0 saturated heterocycles. The molecule has 0 unspecified atom stereocenters. The zero-order valence-corrected chi connectivity index (χ0v) is 13.0. The summed E-state index contributed by atoms with van der Waals surface area (Å²) in [6, 6.07) is 3.98. The predicted molar refractivity (Wildman–Crippen MR) is 83.4 cm³/mol. The number of pyridine rings is 1. The van der Waals surface area contributed by atoms with Crippen LogP contribution in [0.25, 0.3) is 5.65 Å². The lowest BCUT2D eigenvalue weighted by atomic mass is 10.2. The summed E-state index contributed by atoms with van der Waals surface area (Å²) in [6.45, 7) is 4.52. The first-order chi connectivity index (χ1) is 10.6. The van der Waals surface area contributed by atoms with Crippen molar-refractivity contribution in [2.75, 3.05) is 7.05 Å². The van der Waals surface area contributed by atoms with Crippen LogP contribution in [0.15, 0.2) is 30.7 Å². The van der Waals surface area contributed by atoms with Crippen LogP contribution in [0.5, 0.6) is 0 Å². The van der Waals surface area contributed by atoms with Crippen molar-refractivity contribution in [2.24, 2.45) is 0 Å². The number of nitrogens with zero attached hydrogens (tertiary/aromatic N) is 4. The van der Waals surface area contributed by atoms with Crippen LogP contribution >= 0.6 is 0 Å². The van der Waals surface area contributed by atoms with Gasteiger partial charge in [-0.05, 0) is 25.5 Å². The highest BCUT2D eigenvalue weighted by Crippen LogP contribution is 2.13. The fourth-order valence-electron chi connectivity index (χ4n) is 2.50. The number of H-pyrrole nitrogens is 1. The Hall–Kier alpha value is -2.63. The predicted octanol–water partition coefficient (Wildman–Crippen LogP) is 1.88. The second-order valence-corrected chi connectivity index (χ2v) is 5.58. The van der Waals surface area contributed by atoms with Crippen LogP contribution in [0.2, 0.25) is 0 Å². The zero-order valence-electron chi connectivity index (χ0n) is 13.0. The lowest BCUT2D eigenvalue weighted by molar-refractivity contribution is -0.129.